The lowest BCUT2D eigenvalue weighted by molar-refractivity contribution is -0.120. The highest BCUT2D eigenvalue weighted by molar-refractivity contribution is 5.81. The van der Waals surface area contributed by atoms with Gasteiger partial charge in [-0.3, -0.25) is 14.8 Å². The van der Waals surface area contributed by atoms with Crippen molar-refractivity contribution in [2.24, 2.45) is 16.1 Å². The number of pyridine rings is 1. The van der Waals surface area contributed by atoms with Crippen LogP contribution in [-0.2, 0) is 17.6 Å². The van der Waals surface area contributed by atoms with Gasteiger partial charge in [-0.1, -0.05) is 37.3 Å². The number of carbonyl (C=O) groups excluding carboxylic acids is 1. The first kappa shape index (κ1) is 20.9. The maximum absolute atomic E-state index is 12.0. The standard InChI is InChI=1S/C24H30N4O/c1-2-19-4-6-21(7-5-19)22(23(25)29)28-17-13-24(11-3-14-27-18-24)12-8-20-9-15-26-16-10-20/h3-7,9-11,14-16,22,28H,2,8,12-13,17-18H2,1H3,(H2,25,29). The minimum Gasteiger partial charge on any atom is -0.368 e. The van der Waals surface area contributed by atoms with Crippen molar-refractivity contribution in [2.75, 3.05) is 13.1 Å². The normalized spacial score (nSPS) is 19.2. The Bertz CT molecular complexity index is 845. The van der Waals surface area contributed by atoms with E-state index >= 15 is 0 Å². The summed E-state index contributed by atoms with van der Waals surface area (Å²) in [7, 11) is 0. The molecule has 3 rings (SSSR count). The van der Waals surface area contributed by atoms with Gasteiger partial charge < -0.3 is 11.1 Å². The SMILES string of the molecule is CCc1ccc(C(NCCC2(CCc3ccncc3)C=CC=NC2)C(N)=O)cc1. The highest BCUT2D eigenvalue weighted by atomic mass is 16.1. The van der Waals surface area contributed by atoms with Gasteiger partial charge in [0.25, 0.3) is 0 Å². The fourth-order valence-electron chi connectivity index (χ4n) is 3.78. The number of dihydropyridines is 1. The highest BCUT2D eigenvalue weighted by Gasteiger charge is 2.28. The van der Waals surface area contributed by atoms with Crippen LogP contribution in [0, 0.1) is 5.41 Å². The van der Waals surface area contributed by atoms with Crippen molar-refractivity contribution in [3.8, 4) is 0 Å². The third-order valence-corrected chi connectivity index (χ3v) is 5.69. The predicted molar refractivity (Wildman–Crippen MR) is 118 cm³/mol. The predicted octanol–water partition coefficient (Wildman–Crippen LogP) is 3.41. The van der Waals surface area contributed by atoms with Crippen molar-refractivity contribution in [1.82, 2.24) is 10.3 Å². The number of hydrogen-bond donors (Lipinski definition) is 2. The third kappa shape index (κ3) is 5.84. The molecule has 0 radical (unpaired) electrons. The molecule has 2 aromatic rings. The van der Waals surface area contributed by atoms with E-state index in [-0.39, 0.29) is 11.3 Å². The van der Waals surface area contributed by atoms with E-state index in [9.17, 15) is 4.79 Å². The number of benzene rings is 1. The largest absolute Gasteiger partial charge is 0.368 e. The molecule has 1 amide bonds. The number of aliphatic imine (C=N–C) groups is 1. The molecule has 5 nitrogen and oxygen atoms in total. The molecule has 152 valence electrons. The van der Waals surface area contributed by atoms with Crippen LogP contribution in [0.4, 0.5) is 0 Å². The fourth-order valence-corrected chi connectivity index (χ4v) is 3.78. The lowest BCUT2D eigenvalue weighted by atomic mass is 9.78. The van der Waals surface area contributed by atoms with Gasteiger partial charge in [0.1, 0.15) is 6.04 Å². The molecule has 0 saturated heterocycles. The van der Waals surface area contributed by atoms with Crippen LogP contribution in [0.15, 0.2) is 65.9 Å². The number of nitrogens with two attached hydrogens (primary N) is 1. The summed E-state index contributed by atoms with van der Waals surface area (Å²) in [6.07, 6.45) is 13.7. The molecule has 1 aliphatic rings. The summed E-state index contributed by atoms with van der Waals surface area (Å²) in [6.45, 7) is 3.58. The van der Waals surface area contributed by atoms with Crippen LogP contribution in [-0.4, -0.2) is 30.2 Å². The first-order chi connectivity index (χ1) is 14.1. The van der Waals surface area contributed by atoms with E-state index in [2.05, 4.69) is 52.6 Å². The zero-order valence-electron chi connectivity index (χ0n) is 17.1. The van der Waals surface area contributed by atoms with Crippen LogP contribution < -0.4 is 11.1 Å². The van der Waals surface area contributed by atoms with E-state index < -0.39 is 6.04 Å². The number of rotatable bonds is 10. The smallest absolute Gasteiger partial charge is 0.239 e. The number of aromatic nitrogens is 1. The summed E-state index contributed by atoms with van der Waals surface area (Å²) in [6, 6.07) is 11.7. The molecule has 0 bridgehead atoms. The summed E-state index contributed by atoms with van der Waals surface area (Å²) in [5, 5.41) is 3.37. The fraction of sp³-hybridized carbons (Fsp3) is 0.375. The molecular weight excluding hydrogens is 360 g/mol. The van der Waals surface area contributed by atoms with E-state index in [1.807, 2.05) is 36.8 Å². The van der Waals surface area contributed by atoms with Crippen molar-refractivity contribution in [1.29, 1.82) is 0 Å². The number of carbonyl (C=O) groups is 1. The van der Waals surface area contributed by atoms with Crippen LogP contribution in [0.2, 0.25) is 0 Å². The average Bonchev–Trinajstić information content (AvgIpc) is 2.77. The topological polar surface area (TPSA) is 80.4 Å². The number of allylic oxidation sites excluding steroid dienone is 1. The van der Waals surface area contributed by atoms with Gasteiger partial charge in [0, 0.05) is 30.6 Å². The van der Waals surface area contributed by atoms with Gasteiger partial charge >= 0.3 is 0 Å². The molecule has 29 heavy (non-hydrogen) atoms. The minimum atomic E-state index is -0.478. The summed E-state index contributed by atoms with van der Waals surface area (Å²) in [5.41, 5.74) is 9.11. The van der Waals surface area contributed by atoms with Gasteiger partial charge in [-0.15, -0.1) is 0 Å². The second-order valence-corrected chi connectivity index (χ2v) is 7.70. The molecule has 0 saturated carbocycles. The Morgan fingerprint density at radius 3 is 2.52 bits per heavy atom. The van der Waals surface area contributed by atoms with Gasteiger partial charge in [-0.25, -0.2) is 0 Å². The average molecular weight is 391 g/mol. The summed E-state index contributed by atoms with van der Waals surface area (Å²) in [5.74, 6) is -0.350. The lowest BCUT2D eigenvalue weighted by Crippen LogP contribution is -2.37. The second-order valence-electron chi connectivity index (χ2n) is 7.70. The Morgan fingerprint density at radius 2 is 1.90 bits per heavy atom. The van der Waals surface area contributed by atoms with Gasteiger partial charge in [0.05, 0.1) is 0 Å². The van der Waals surface area contributed by atoms with Crippen molar-refractivity contribution < 1.29 is 4.79 Å². The highest BCUT2D eigenvalue weighted by Crippen LogP contribution is 2.32. The maximum Gasteiger partial charge on any atom is 0.239 e. The Hall–Kier alpha value is -2.79. The van der Waals surface area contributed by atoms with Crippen molar-refractivity contribution >= 4 is 12.1 Å². The maximum atomic E-state index is 12.0. The monoisotopic (exact) mass is 390 g/mol. The Balaban J connectivity index is 1.62. The minimum absolute atomic E-state index is 0.0146. The van der Waals surface area contributed by atoms with Gasteiger partial charge in [0.15, 0.2) is 0 Å². The van der Waals surface area contributed by atoms with E-state index in [4.69, 9.17) is 5.73 Å². The van der Waals surface area contributed by atoms with Crippen molar-refractivity contribution in [3.63, 3.8) is 0 Å². The van der Waals surface area contributed by atoms with Crippen molar-refractivity contribution in [3.05, 3.63) is 77.6 Å². The second kappa shape index (κ2) is 10.1. The summed E-state index contributed by atoms with van der Waals surface area (Å²) in [4.78, 5) is 20.6. The number of nitrogens with one attached hydrogen (secondary N) is 1. The Labute approximate surface area is 173 Å². The zero-order chi connectivity index (χ0) is 20.5. The summed E-state index contributed by atoms with van der Waals surface area (Å²) >= 11 is 0. The number of aryl methyl sites for hydroxylation is 2. The zero-order valence-corrected chi connectivity index (χ0v) is 17.1. The quantitative estimate of drug-likeness (QED) is 0.652. The van der Waals surface area contributed by atoms with Crippen molar-refractivity contribution in [2.45, 2.75) is 38.6 Å². The van der Waals surface area contributed by atoms with E-state index in [0.717, 1.165) is 37.8 Å². The molecule has 1 aromatic heterocycles. The Kier molecular flexibility index (Phi) is 7.30. The van der Waals surface area contributed by atoms with Gasteiger partial charge in [-0.2, -0.15) is 0 Å². The third-order valence-electron chi connectivity index (χ3n) is 5.69. The summed E-state index contributed by atoms with van der Waals surface area (Å²) < 4.78 is 0. The first-order valence-electron chi connectivity index (χ1n) is 10.3. The number of hydrogen-bond acceptors (Lipinski definition) is 4. The molecule has 0 fully saturated rings. The van der Waals surface area contributed by atoms with E-state index in [1.165, 1.54) is 11.1 Å². The van der Waals surface area contributed by atoms with Crippen LogP contribution in [0.1, 0.15) is 42.5 Å². The molecule has 0 aliphatic carbocycles. The molecule has 1 aliphatic heterocycles. The lowest BCUT2D eigenvalue weighted by Gasteiger charge is -2.31. The number of primary amides is 1. The molecule has 0 spiro atoms. The van der Waals surface area contributed by atoms with Crippen LogP contribution in [0.25, 0.3) is 0 Å². The molecular formula is C24H30N4O. The molecule has 5 heteroatoms. The van der Waals surface area contributed by atoms with E-state index in [1.54, 1.807) is 0 Å². The van der Waals surface area contributed by atoms with Gasteiger partial charge in [0.2, 0.25) is 5.91 Å². The van der Waals surface area contributed by atoms with Gasteiger partial charge in [-0.05, 0) is 67.1 Å². The van der Waals surface area contributed by atoms with E-state index in [0.29, 0.717) is 6.54 Å². The molecule has 1 aromatic carbocycles. The van der Waals surface area contributed by atoms with Crippen LogP contribution >= 0.6 is 0 Å². The molecule has 2 unspecified atom stereocenters. The number of amides is 1. The van der Waals surface area contributed by atoms with Crippen LogP contribution in [0.5, 0.6) is 0 Å². The number of nitrogens with zero attached hydrogens (tertiary/aromatic N) is 2. The molecule has 2 atom stereocenters. The molecule has 2 heterocycles. The van der Waals surface area contributed by atoms with Crippen LogP contribution in [0.3, 0.4) is 0 Å². The first-order valence-corrected chi connectivity index (χ1v) is 10.3. The molecule has 3 N–H and O–H groups in total. The Morgan fingerprint density at radius 1 is 1.14 bits per heavy atom.